The summed E-state index contributed by atoms with van der Waals surface area (Å²) in [6.07, 6.45) is 0. The normalized spacial score (nSPS) is 10.5. The maximum absolute atomic E-state index is 13.5. The van der Waals surface area contributed by atoms with Crippen LogP contribution in [0.15, 0.2) is 46.9 Å². The molecule has 2 aromatic rings. The second-order valence-corrected chi connectivity index (χ2v) is 5.42. The molecular formula is C15H16BrFN2. The summed E-state index contributed by atoms with van der Waals surface area (Å²) in [4.78, 5) is 2.01. The molecule has 0 aliphatic rings. The van der Waals surface area contributed by atoms with E-state index in [1.54, 1.807) is 0 Å². The van der Waals surface area contributed by atoms with Crippen LogP contribution in [0, 0.1) is 5.82 Å². The molecule has 0 aliphatic heterocycles. The Labute approximate surface area is 121 Å². The van der Waals surface area contributed by atoms with Crippen LogP contribution in [-0.4, -0.2) is 7.05 Å². The molecule has 2 rings (SSSR count). The molecule has 0 aromatic heterocycles. The van der Waals surface area contributed by atoms with E-state index in [2.05, 4.69) is 15.9 Å². The zero-order valence-corrected chi connectivity index (χ0v) is 12.3. The van der Waals surface area contributed by atoms with Gasteiger partial charge in [0.15, 0.2) is 0 Å². The molecule has 4 heteroatoms. The molecule has 0 radical (unpaired) electrons. The van der Waals surface area contributed by atoms with E-state index in [1.807, 2.05) is 42.3 Å². The van der Waals surface area contributed by atoms with Gasteiger partial charge in [-0.2, -0.15) is 0 Å². The Balaban J connectivity index is 2.17. The van der Waals surface area contributed by atoms with E-state index < -0.39 is 0 Å². The Hall–Kier alpha value is -1.39. The lowest BCUT2D eigenvalue weighted by atomic mass is 10.1. The number of rotatable bonds is 4. The van der Waals surface area contributed by atoms with Gasteiger partial charge in [0.25, 0.3) is 0 Å². The lowest BCUT2D eigenvalue weighted by Crippen LogP contribution is -2.17. The van der Waals surface area contributed by atoms with Gasteiger partial charge < -0.3 is 10.6 Å². The highest BCUT2D eigenvalue weighted by atomic mass is 79.9. The molecule has 0 unspecified atom stereocenters. The van der Waals surface area contributed by atoms with Gasteiger partial charge in [-0.1, -0.05) is 28.1 Å². The first-order valence-electron chi connectivity index (χ1n) is 6.03. The van der Waals surface area contributed by atoms with E-state index in [9.17, 15) is 4.39 Å². The smallest absolute Gasteiger partial charge is 0.125 e. The van der Waals surface area contributed by atoms with Crippen molar-refractivity contribution in [1.82, 2.24) is 0 Å². The lowest BCUT2D eigenvalue weighted by Gasteiger charge is -2.20. The maximum atomic E-state index is 13.5. The van der Waals surface area contributed by atoms with Crippen molar-refractivity contribution in [2.75, 3.05) is 11.9 Å². The van der Waals surface area contributed by atoms with Crippen molar-refractivity contribution < 1.29 is 4.39 Å². The van der Waals surface area contributed by atoms with Gasteiger partial charge in [0.05, 0.1) is 0 Å². The van der Waals surface area contributed by atoms with Crippen molar-refractivity contribution in [2.45, 2.75) is 13.1 Å². The summed E-state index contributed by atoms with van der Waals surface area (Å²) >= 11 is 3.41. The zero-order valence-electron chi connectivity index (χ0n) is 10.7. The molecule has 2 N–H and O–H groups in total. The highest BCUT2D eigenvalue weighted by molar-refractivity contribution is 9.10. The van der Waals surface area contributed by atoms with Crippen LogP contribution >= 0.6 is 15.9 Å². The Kier molecular flexibility index (Phi) is 4.56. The summed E-state index contributed by atoms with van der Waals surface area (Å²) in [7, 11) is 1.94. The van der Waals surface area contributed by atoms with Crippen molar-refractivity contribution in [3.8, 4) is 0 Å². The van der Waals surface area contributed by atoms with E-state index in [1.165, 1.54) is 17.7 Å². The van der Waals surface area contributed by atoms with Gasteiger partial charge >= 0.3 is 0 Å². The third-order valence-electron chi connectivity index (χ3n) is 2.95. The standard InChI is InChI=1S/C15H16BrFN2/c1-19(10-11-2-4-13(16)5-3-11)15-7-12(9-18)6-14(17)8-15/h2-8H,9-10,18H2,1H3. The number of nitrogens with two attached hydrogens (primary N) is 1. The summed E-state index contributed by atoms with van der Waals surface area (Å²) in [5.74, 6) is -0.249. The van der Waals surface area contributed by atoms with E-state index in [0.29, 0.717) is 6.54 Å². The monoisotopic (exact) mass is 322 g/mol. The quantitative estimate of drug-likeness (QED) is 0.930. The first-order chi connectivity index (χ1) is 9.08. The minimum absolute atomic E-state index is 0.249. The minimum Gasteiger partial charge on any atom is -0.370 e. The molecule has 0 bridgehead atoms. The van der Waals surface area contributed by atoms with Gasteiger partial charge in [-0.05, 0) is 41.5 Å². The van der Waals surface area contributed by atoms with E-state index >= 15 is 0 Å². The summed E-state index contributed by atoms with van der Waals surface area (Å²) in [5, 5.41) is 0. The number of benzene rings is 2. The molecule has 0 saturated heterocycles. The van der Waals surface area contributed by atoms with Crippen LogP contribution in [0.25, 0.3) is 0 Å². The summed E-state index contributed by atoms with van der Waals surface area (Å²) in [5.41, 5.74) is 8.38. The average molecular weight is 323 g/mol. The average Bonchev–Trinajstić information content (AvgIpc) is 2.40. The van der Waals surface area contributed by atoms with E-state index in [0.717, 1.165) is 22.3 Å². The molecule has 0 amide bonds. The molecule has 0 heterocycles. The highest BCUT2D eigenvalue weighted by Crippen LogP contribution is 2.20. The Bertz CT molecular complexity index is 555. The second-order valence-electron chi connectivity index (χ2n) is 4.50. The zero-order chi connectivity index (χ0) is 13.8. The molecular weight excluding hydrogens is 307 g/mol. The van der Waals surface area contributed by atoms with Crippen molar-refractivity contribution in [3.63, 3.8) is 0 Å². The van der Waals surface area contributed by atoms with Crippen molar-refractivity contribution in [3.05, 3.63) is 63.9 Å². The van der Waals surface area contributed by atoms with Gasteiger partial charge in [-0.15, -0.1) is 0 Å². The molecule has 0 atom stereocenters. The Morgan fingerprint density at radius 3 is 2.42 bits per heavy atom. The van der Waals surface area contributed by atoms with Crippen molar-refractivity contribution in [1.29, 1.82) is 0 Å². The van der Waals surface area contributed by atoms with Gasteiger partial charge in [-0.25, -0.2) is 4.39 Å². The SMILES string of the molecule is CN(Cc1ccc(Br)cc1)c1cc(F)cc(CN)c1. The maximum Gasteiger partial charge on any atom is 0.125 e. The fourth-order valence-corrected chi connectivity index (χ4v) is 2.19. The molecule has 100 valence electrons. The number of hydrogen-bond donors (Lipinski definition) is 1. The Morgan fingerprint density at radius 2 is 1.79 bits per heavy atom. The second kappa shape index (κ2) is 6.17. The van der Waals surface area contributed by atoms with E-state index in [4.69, 9.17) is 5.73 Å². The minimum atomic E-state index is -0.249. The predicted octanol–water partition coefficient (Wildman–Crippen LogP) is 3.68. The van der Waals surface area contributed by atoms with Gasteiger partial charge in [0, 0.05) is 30.3 Å². The molecule has 0 fully saturated rings. The lowest BCUT2D eigenvalue weighted by molar-refractivity contribution is 0.624. The van der Waals surface area contributed by atoms with Crippen LogP contribution in [-0.2, 0) is 13.1 Å². The van der Waals surface area contributed by atoms with Gasteiger partial charge in [0.1, 0.15) is 5.82 Å². The topological polar surface area (TPSA) is 29.3 Å². The van der Waals surface area contributed by atoms with Crippen LogP contribution in [0.3, 0.4) is 0 Å². The predicted molar refractivity (Wildman–Crippen MR) is 80.5 cm³/mol. The third-order valence-corrected chi connectivity index (χ3v) is 3.48. The highest BCUT2D eigenvalue weighted by Gasteiger charge is 2.06. The van der Waals surface area contributed by atoms with Gasteiger partial charge in [0.2, 0.25) is 0 Å². The third kappa shape index (κ3) is 3.78. The first kappa shape index (κ1) is 14.0. The fourth-order valence-electron chi connectivity index (χ4n) is 1.93. The molecule has 0 saturated carbocycles. The summed E-state index contributed by atoms with van der Waals surface area (Å²) < 4.78 is 14.5. The van der Waals surface area contributed by atoms with Crippen molar-refractivity contribution >= 4 is 21.6 Å². The number of halogens is 2. The van der Waals surface area contributed by atoms with Crippen LogP contribution in [0.4, 0.5) is 10.1 Å². The van der Waals surface area contributed by atoms with Crippen LogP contribution < -0.4 is 10.6 Å². The number of anilines is 1. The molecule has 19 heavy (non-hydrogen) atoms. The Morgan fingerprint density at radius 1 is 1.11 bits per heavy atom. The van der Waals surface area contributed by atoms with E-state index in [-0.39, 0.29) is 5.82 Å². The summed E-state index contributed by atoms with van der Waals surface area (Å²) in [6, 6.07) is 13.0. The molecule has 2 aromatic carbocycles. The number of nitrogens with zero attached hydrogens (tertiary/aromatic N) is 1. The largest absolute Gasteiger partial charge is 0.370 e. The van der Waals surface area contributed by atoms with Crippen LogP contribution in [0.1, 0.15) is 11.1 Å². The van der Waals surface area contributed by atoms with Gasteiger partial charge in [-0.3, -0.25) is 0 Å². The van der Waals surface area contributed by atoms with Crippen molar-refractivity contribution in [2.24, 2.45) is 5.73 Å². The van der Waals surface area contributed by atoms with Crippen LogP contribution in [0.5, 0.6) is 0 Å². The molecule has 0 spiro atoms. The number of hydrogen-bond acceptors (Lipinski definition) is 2. The fraction of sp³-hybridized carbons (Fsp3) is 0.200. The molecule has 2 nitrogen and oxygen atoms in total. The molecule has 0 aliphatic carbocycles. The summed E-state index contributed by atoms with van der Waals surface area (Å²) in [6.45, 7) is 1.07. The van der Waals surface area contributed by atoms with Crippen LogP contribution in [0.2, 0.25) is 0 Å². The first-order valence-corrected chi connectivity index (χ1v) is 6.83.